The van der Waals surface area contributed by atoms with Gasteiger partial charge in [-0.2, -0.15) is 0 Å². The van der Waals surface area contributed by atoms with E-state index >= 15 is 0 Å². The van der Waals surface area contributed by atoms with Crippen molar-refractivity contribution in [1.82, 2.24) is 0 Å². The Bertz CT molecular complexity index is 640. The molecule has 0 heterocycles. The molecule has 0 aliphatic carbocycles. The molecule has 0 saturated heterocycles. The molecule has 4 heteroatoms. The second-order valence-electron chi connectivity index (χ2n) is 4.70. The first kappa shape index (κ1) is 15.6. The third-order valence-electron chi connectivity index (χ3n) is 3.14. The maximum Gasteiger partial charge on any atom is 0.340 e. The Hall–Kier alpha value is -1.81. The molecule has 0 atom stereocenters. The summed E-state index contributed by atoms with van der Waals surface area (Å²) in [6.07, 6.45) is 0. The molecule has 0 radical (unpaired) electrons. The van der Waals surface area contributed by atoms with Crippen molar-refractivity contribution >= 4 is 27.6 Å². The van der Waals surface area contributed by atoms with E-state index in [1.54, 1.807) is 13.0 Å². The summed E-state index contributed by atoms with van der Waals surface area (Å²) in [7, 11) is 0. The molecule has 0 aliphatic rings. The average molecular weight is 348 g/mol. The zero-order valence-electron chi connectivity index (χ0n) is 12.2. The van der Waals surface area contributed by atoms with Crippen LogP contribution in [0.25, 0.3) is 0 Å². The van der Waals surface area contributed by atoms with Crippen molar-refractivity contribution in [2.24, 2.45) is 0 Å². The van der Waals surface area contributed by atoms with Gasteiger partial charge in [-0.25, -0.2) is 4.79 Å². The molecule has 0 fully saturated rings. The summed E-state index contributed by atoms with van der Waals surface area (Å²) in [5.41, 5.74) is 3.69. The minimum absolute atomic E-state index is 0.300. The van der Waals surface area contributed by atoms with Crippen LogP contribution in [0.5, 0.6) is 0 Å². The molecule has 0 saturated carbocycles. The zero-order chi connectivity index (χ0) is 15.2. The summed E-state index contributed by atoms with van der Waals surface area (Å²) < 4.78 is 6.15. The van der Waals surface area contributed by atoms with Crippen molar-refractivity contribution in [2.45, 2.75) is 20.4 Å². The van der Waals surface area contributed by atoms with Crippen LogP contribution in [0, 0.1) is 6.92 Å². The summed E-state index contributed by atoms with van der Waals surface area (Å²) in [5, 5.41) is 3.29. The van der Waals surface area contributed by atoms with Gasteiger partial charge in [0.2, 0.25) is 0 Å². The molecule has 2 aromatic rings. The number of hydrogen-bond donors (Lipinski definition) is 1. The van der Waals surface area contributed by atoms with Crippen LogP contribution in [0.2, 0.25) is 0 Å². The van der Waals surface area contributed by atoms with Gasteiger partial charge in [0.05, 0.1) is 12.2 Å². The van der Waals surface area contributed by atoms with E-state index in [0.29, 0.717) is 18.7 Å². The van der Waals surface area contributed by atoms with Crippen LogP contribution in [0.4, 0.5) is 5.69 Å². The van der Waals surface area contributed by atoms with Gasteiger partial charge < -0.3 is 10.1 Å². The summed E-state index contributed by atoms with van der Waals surface area (Å²) in [5.74, 6) is -0.300. The van der Waals surface area contributed by atoms with Crippen LogP contribution in [0.3, 0.4) is 0 Å². The maximum absolute atomic E-state index is 11.9. The van der Waals surface area contributed by atoms with Gasteiger partial charge >= 0.3 is 5.97 Å². The highest BCUT2D eigenvalue weighted by molar-refractivity contribution is 9.10. The smallest absolute Gasteiger partial charge is 0.340 e. The molecule has 2 aromatic carbocycles. The van der Waals surface area contributed by atoms with Crippen molar-refractivity contribution < 1.29 is 9.53 Å². The molecule has 3 nitrogen and oxygen atoms in total. The van der Waals surface area contributed by atoms with Crippen LogP contribution in [-0.4, -0.2) is 12.6 Å². The summed E-state index contributed by atoms with van der Waals surface area (Å²) in [6, 6.07) is 13.6. The van der Waals surface area contributed by atoms with E-state index in [0.717, 1.165) is 15.7 Å². The van der Waals surface area contributed by atoms with Crippen molar-refractivity contribution in [3.05, 3.63) is 63.6 Å². The fourth-order valence-electron chi connectivity index (χ4n) is 1.97. The van der Waals surface area contributed by atoms with E-state index in [1.807, 2.05) is 18.2 Å². The molecule has 1 N–H and O–H groups in total. The van der Waals surface area contributed by atoms with Gasteiger partial charge in [0.25, 0.3) is 0 Å². The van der Waals surface area contributed by atoms with E-state index in [-0.39, 0.29) is 5.97 Å². The molecule has 110 valence electrons. The Morgan fingerprint density at radius 1 is 1.24 bits per heavy atom. The quantitative estimate of drug-likeness (QED) is 0.806. The number of anilines is 1. The number of nitrogens with one attached hydrogen (secondary N) is 1. The van der Waals surface area contributed by atoms with E-state index < -0.39 is 0 Å². The lowest BCUT2D eigenvalue weighted by atomic mass is 10.1. The van der Waals surface area contributed by atoms with Gasteiger partial charge in [0, 0.05) is 16.7 Å². The molecule has 0 unspecified atom stereocenters. The van der Waals surface area contributed by atoms with Gasteiger partial charge in [-0.15, -0.1) is 0 Å². The molecular formula is C17H18BrNO2. The molecule has 0 bridgehead atoms. The number of hydrogen-bond acceptors (Lipinski definition) is 3. The zero-order valence-corrected chi connectivity index (χ0v) is 13.7. The highest BCUT2D eigenvalue weighted by Gasteiger charge is 2.11. The predicted molar refractivity (Wildman–Crippen MR) is 88.6 cm³/mol. The van der Waals surface area contributed by atoms with Gasteiger partial charge in [-0.3, -0.25) is 0 Å². The first-order chi connectivity index (χ1) is 10.1. The monoisotopic (exact) mass is 347 g/mol. The summed E-state index contributed by atoms with van der Waals surface area (Å²) in [6.45, 7) is 4.88. The predicted octanol–water partition coefficient (Wildman–Crippen LogP) is 4.55. The number of aryl methyl sites for hydroxylation is 1. The van der Waals surface area contributed by atoms with Gasteiger partial charge in [0.1, 0.15) is 0 Å². The van der Waals surface area contributed by atoms with E-state index in [2.05, 4.69) is 46.4 Å². The van der Waals surface area contributed by atoms with Crippen molar-refractivity contribution in [1.29, 1.82) is 0 Å². The SMILES string of the molecule is CCOC(=O)c1ccccc1NCc1ccc(C)c(Br)c1. The van der Waals surface area contributed by atoms with Crippen LogP contribution in [0.15, 0.2) is 46.9 Å². The third kappa shape index (κ3) is 4.08. The second kappa shape index (κ2) is 7.27. The molecular weight excluding hydrogens is 330 g/mol. The Morgan fingerprint density at radius 3 is 2.71 bits per heavy atom. The minimum atomic E-state index is -0.300. The Kier molecular flexibility index (Phi) is 5.39. The number of ether oxygens (including phenoxy) is 1. The first-order valence-electron chi connectivity index (χ1n) is 6.87. The van der Waals surface area contributed by atoms with Gasteiger partial charge in [-0.1, -0.05) is 40.2 Å². The molecule has 0 spiro atoms. The number of carbonyl (C=O) groups is 1. The van der Waals surface area contributed by atoms with Crippen LogP contribution in [0.1, 0.15) is 28.4 Å². The normalized spacial score (nSPS) is 10.2. The van der Waals surface area contributed by atoms with Crippen LogP contribution >= 0.6 is 15.9 Å². The Morgan fingerprint density at radius 2 is 2.00 bits per heavy atom. The number of halogens is 1. The number of esters is 1. The molecule has 0 aromatic heterocycles. The number of benzene rings is 2. The fourth-order valence-corrected chi connectivity index (χ4v) is 2.39. The standard InChI is InChI=1S/C17H18BrNO2/c1-3-21-17(20)14-6-4-5-7-16(14)19-11-13-9-8-12(2)15(18)10-13/h4-10,19H,3,11H2,1-2H3. The largest absolute Gasteiger partial charge is 0.462 e. The Balaban J connectivity index is 2.12. The van der Waals surface area contributed by atoms with Crippen LogP contribution in [-0.2, 0) is 11.3 Å². The maximum atomic E-state index is 11.9. The van der Waals surface area contributed by atoms with Crippen molar-refractivity contribution in [3.8, 4) is 0 Å². The summed E-state index contributed by atoms with van der Waals surface area (Å²) >= 11 is 3.53. The van der Waals surface area contributed by atoms with Crippen LogP contribution < -0.4 is 5.32 Å². The fraction of sp³-hybridized carbons (Fsp3) is 0.235. The van der Waals surface area contributed by atoms with E-state index in [1.165, 1.54) is 5.56 Å². The lowest BCUT2D eigenvalue weighted by molar-refractivity contribution is 0.0527. The van der Waals surface area contributed by atoms with Gasteiger partial charge in [0.15, 0.2) is 0 Å². The lowest BCUT2D eigenvalue weighted by Gasteiger charge is -2.12. The number of carbonyl (C=O) groups excluding carboxylic acids is 1. The lowest BCUT2D eigenvalue weighted by Crippen LogP contribution is -2.09. The second-order valence-corrected chi connectivity index (χ2v) is 5.56. The average Bonchev–Trinajstić information content (AvgIpc) is 2.49. The van der Waals surface area contributed by atoms with Crippen molar-refractivity contribution in [3.63, 3.8) is 0 Å². The van der Waals surface area contributed by atoms with Crippen molar-refractivity contribution in [2.75, 3.05) is 11.9 Å². The molecule has 0 aliphatic heterocycles. The number of para-hydroxylation sites is 1. The third-order valence-corrected chi connectivity index (χ3v) is 4.00. The summed E-state index contributed by atoms with van der Waals surface area (Å²) in [4.78, 5) is 11.9. The topological polar surface area (TPSA) is 38.3 Å². The minimum Gasteiger partial charge on any atom is -0.462 e. The highest BCUT2D eigenvalue weighted by atomic mass is 79.9. The number of rotatable bonds is 5. The molecule has 2 rings (SSSR count). The first-order valence-corrected chi connectivity index (χ1v) is 7.66. The highest BCUT2D eigenvalue weighted by Crippen LogP contribution is 2.20. The molecule has 21 heavy (non-hydrogen) atoms. The van der Waals surface area contributed by atoms with E-state index in [4.69, 9.17) is 4.74 Å². The van der Waals surface area contributed by atoms with Gasteiger partial charge in [-0.05, 0) is 43.2 Å². The van der Waals surface area contributed by atoms with E-state index in [9.17, 15) is 4.79 Å². The Labute approximate surface area is 133 Å². The molecule has 0 amide bonds.